The largest absolute Gasteiger partial charge is 0.488 e. The molecule has 28 heavy (non-hydrogen) atoms. The number of Topliss-reactive ketones (excluding diaryl/α,β-unsaturated/α-hetero) is 1. The molecule has 3 nitrogen and oxygen atoms in total. The van der Waals surface area contributed by atoms with Crippen LogP contribution in [0.1, 0.15) is 35.3 Å². The zero-order chi connectivity index (χ0) is 19.9. The fraction of sp³-hybridized carbons (Fsp3) is 0.208. The van der Waals surface area contributed by atoms with Crippen LogP contribution in [0.3, 0.4) is 0 Å². The van der Waals surface area contributed by atoms with Crippen molar-refractivity contribution in [3.8, 4) is 11.5 Å². The highest BCUT2D eigenvalue weighted by Crippen LogP contribution is 2.36. The molecule has 0 saturated heterocycles. The Bertz CT molecular complexity index is 921. The van der Waals surface area contributed by atoms with Gasteiger partial charge in [0.1, 0.15) is 24.7 Å². The van der Waals surface area contributed by atoms with E-state index in [2.05, 4.69) is 22.6 Å². The van der Waals surface area contributed by atoms with Gasteiger partial charge in [-0.2, -0.15) is 0 Å². The van der Waals surface area contributed by atoms with Gasteiger partial charge in [-0.25, -0.2) is 0 Å². The number of hydrogen-bond acceptors (Lipinski definition) is 3. The Morgan fingerprint density at radius 1 is 0.821 bits per heavy atom. The lowest BCUT2D eigenvalue weighted by molar-refractivity contribution is 0.0934. The van der Waals surface area contributed by atoms with Crippen molar-refractivity contribution >= 4 is 28.4 Å². The third kappa shape index (κ3) is 5.13. The SMILES string of the molecule is CC(C)C(=O)c1ccc(OCc2ccccc2)c(I)c1OCc1ccccc1. The molecule has 0 amide bonds. The van der Waals surface area contributed by atoms with E-state index in [1.807, 2.05) is 86.6 Å². The lowest BCUT2D eigenvalue weighted by Gasteiger charge is -2.17. The van der Waals surface area contributed by atoms with Crippen molar-refractivity contribution in [3.63, 3.8) is 0 Å². The van der Waals surface area contributed by atoms with Crippen LogP contribution in [-0.2, 0) is 13.2 Å². The molecule has 0 aliphatic carbocycles. The third-order valence-corrected chi connectivity index (χ3v) is 5.34. The second kappa shape index (κ2) is 9.73. The zero-order valence-electron chi connectivity index (χ0n) is 16.0. The first-order chi connectivity index (χ1) is 13.6. The van der Waals surface area contributed by atoms with E-state index in [1.165, 1.54) is 0 Å². The van der Waals surface area contributed by atoms with Crippen molar-refractivity contribution in [2.45, 2.75) is 27.1 Å². The van der Waals surface area contributed by atoms with Crippen LogP contribution in [0.25, 0.3) is 0 Å². The van der Waals surface area contributed by atoms with E-state index in [0.717, 1.165) is 14.7 Å². The highest BCUT2D eigenvalue weighted by atomic mass is 127. The first-order valence-corrected chi connectivity index (χ1v) is 10.3. The van der Waals surface area contributed by atoms with Gasteiger partial charge < -0.3 is 9.47 Å². The van der Waals surface area contributed by atoms with Gasteiger partial charge in [-0.15, -0.1) is 0 Å². The third-order valence-electron chi connectivity index (χ3n) is 4.31. The maximum Gasteiger partial charge on any atom is 0.169 e. The molecule has 0 aliphatic heterocycles. The van der Waals surface area contributed by atoms with Gasteiger partial charge in [0.15, 0.2) is 5.78 Å². The molecule has 0 spiro atoms. The van der Waals surface area contributed by atoms with Crippen molar-refractivity contribution in [1.29, 1.82) is 0 Å². The summed E-state index contributed by atoms with van der Waals surface area (Å²) in [7, 11) is 0. The molecule has 3 aromatic rings. The van der Waals surface area contributed by atoms with Gasteiger partial charge in [0.05, 0.1) is 9.13 Å². The first kappa shape index (κ1) is 20.4. The van der Waals surface area contributed by atoms with Crippen LogP contribution in [-0.4, -0.2) is 5.78 Å². The summed E-state index contributed by atoms with van der Waals surface area (Å²) >= 11 is 2.21. The summed E-state index contributed by atoms with van der Waals surface area (Å²) in [6.45, 7) is 4.66. The number of ether oxygens (including phenoxy) is 2. The Labute approximate surface area is 179 Å². The van der Waals surface area contributed by atoms with Crippen LogP contribution in [0.5, 0.6) is 11.5 Å². The maximum absolute atomic E-state index is 12.7. The van der Waals surface area contributed by atoms with Gasteiger partial charge in [-0.3, -0.25) is 4.79 Å². The molecule has 0 heterocycles. The molecule has 0 unspecified atom stereocenters. The molecule has 0 aliphatic rings. The summed E-state index contributed by atoms with van der Waals surface area (Å²) in [5, 5.41) is 0. The molecule has 144 valence electrons. The average Bonchev–Trinajstić information content (AvgIpc) is 2.72. The Balaban J connectivity index is 1.87. The monoisotopic (exact) mass is 486 g/mol. The normalized spacial score (nSPS) is 10.7. The highest BCUT2D eigenvalue weighted by molar-refractivity contribution is 14.1. The van der Waals surface area contributed by atoms with Crippen LogP contribution < -0.4 is 9.47 Å². The van der Waals surface area contributed by atoms with Crippen molar-refractivity contribution in [3.05, 3.63) is 93.1 Å². The van der Waals surface area contributed by atoms with Crippen molar-refractivity contribution in [1.82, 2.24) is 0 Å². The molecule has 4 heteroatoms. The fourth-order valence-corrected chi connectivity index (χ4v) is 3.54. The first-order valence-electron chi connectivity index (χ1n) is 9.26. The second-order valence-electron chi connectivity index (χ2n) is 6.82. The summed E-state index contributed by atoms with van der Waals surface area (Å²) in [4.78, 5) is 12.7. The summed E-state index contributed by atoms with van der Waals surface area (Å²) in [5.41, 5.74) is 2.74. The molecule has 0 radical (unpaired) electrons. The molecular weight excluding hydrogens is 463 g/mol. The standard InChI is InChI=1S/C24H23IO3/c1-17(2)23(26)20-13-14-21(27-15-18-9-5-3-6-10-18)22(25)24(20)28-16-19-11-7-4-8-12-19/h3-14,17H,15-16H2,1-2H3. The van der Waals surface area contributed by atoms with E-state index in [0.29, 0.717) is 30.3 Å². The lowest BCUT2D eigenvalue weighted by Crippen LogP contribution is -2.12. The predicted molar refractivity (Wildman–Crippen MR) is 120 cm³/mol. The van der Waals surface area contributed by atoms with Crippen LogP contribution in [0.15, 0.2) is 72.8 Å². The molecule has 0 atom stereocenters. The molecule has 0 N–H and O–H groups in total. The number of carbonyl (C=O) groups excluding carboxylic acids is 1. The fourth-order valence-electron chi connectivity index (χ4n) is 2.76. The predicted octanol–water partition coefficient (Wildman–Crippen LogP) is 6.29. The van der Waals surface area contributed by atoms with E-state index in [4.69, 9.17) is 9.47 Å². The van der Waals surface area contributed by atoms with Gasteiger partial charge >= 0.3 is 0 Å². The van der Waals surface area contributed by atoms with Gasteiger partial charge in [0.25, 0.3) is 0 Å². The van der Waals surface area contributed by atoms with E-state index in [9.17, 15) is 4.79 Å². The summed E-state index contributed by atoms with van der Waals surface area (Å²) in [6, 6.07) is 23.6. The molecule has 3 rings (SSSR count). The van der Waals surface area contributed by atoms with Gasteiger partial charge in [0.2, 0.25) is 0 Å². The number of hydrogen-bond donors (Lipinski definition) is 0. The zero-order valence-corrected chi connectivity index (χ0v) is 18.2. The quantitative estimate of drug-likeness (QED) is 0.278. The summed E-state index contributed by atoms with van der Waals surface area (Å²) in [5.74, 6) is 1.27. The Morgan fingerprint density at radius 2 is 1.36 bits per heavy atom. The van der Waals surface area contributed by atoms with E-state index >= 15 is 0 Å². The Hall–Kier alpha value is -2.34. The van der Waals surface area contributed by atoms with Crippen molar-refractivity contribution in [2.24, 2.45) is 5.92 Å². The second-order valence-corrected chi connectivity index (χ2v) is 7.90. The topological polar surface area (TPSA) is 35.5 Å². The highest BCUT2D eigenvalue weighted by Gasteiger charge is 2.21. The van der Waals surface area contributed by atoms with Crippen LogP contribution >= 0.6 is 22.6 Å². The number of carbonyl (C=O) groups is 1. The molecule has 0 aromatic heterocycles. The molecule has 3 aromatic carbocycles. The number of halogens is 1. The molecule has 0 fully saturated rings. The smallest absolute Gasteiger partial charge is 0.169 e. The average molecular weight is 486 g/mol. The number of ketones is 1. The van der Waals surface area contributed by atoms with Crippen LogP contribution in [0.4, 0.5) is 0 Å². The van der Waals surface area contributed by atoms with Gasteiger partial charge in [0, 0.05) is 5.92 Å². The number of rotatable bonds is 8. The van der Waals surface area contributed by atoms with Gasteiger partial charge in [-0.05, 0) is 45.9 Å². The Morgan fingerprint density at radius 3 is 1.89 bits per heavy atom. The van der Waals surface area contributed by atoms with E-state index < -0.39 is 0 Å². The maximum atomic E-state index is 12.7. The van der Waals surface area contributed by atoms with Crippen LogP contribution in [0, 0.1) is 9.49 Å². The van der Waals surface area contributed by atoms with Crippen molar-refractivity contribution < 1.29 is 14.3 Å². The molecule has 0 saturated carbocycles. The van der Waals surface area contributed by atoms with Crippen molar-refractivity contribution in [2.75, 3.05) is 0 Å². The van der Waals surface area contributed by atoms with E-state index in [-0.39, 0.29) is 11.7 Å². The van der Waals surface area contributed by atoms with E-state index in [1.54, 1.807) is 0 Å². The lowest BCUT2D eigenvalue weighted by atomic mass is 10.00. The summed E-state index contributed by atoms with van der Waals surface area (Å²) < 4.78 is 12.9. The minimum absolute atomic E-state index is 0.0654. The van der Waals surface area contributed by atoms with Gasteiger partial charge in [-0.1, -0.05) is 74.5 Å². The number of benzene rings is 3. The molecular formula is C24H23IO3. The van der Waals surface area contributed by atoms with Crippen LogP contribution in [0.2, 0.25) is 0 Å². The Kier molecular flexibility index (Phi) is 7.09. The minimum Gasteiger partial charge on any atom is -0.488 e. The molecule has 0 bridgehead atoms. The summed E-state index contributed by atoms with van der Waals surface area (Å²) in [6.07, 6.45) is 0. The minimum atomic E-state index is -0.106.